The van der Waals surface area contributed by atoms with Gasteiger partial charge in [0.1, 0.15) is 6.61 Å². The number of ether oxygens (including phenoxy) is 1. The smallest absolute Gasteiger partial charge is 0.415 e. The Morgan fingerprint density at radius 1 is 1.11 bits per heavy atom. The number of hydrogen-bond donors (Lipinski definition) is 0. The number of carbonyl (C=O) groups excluding carboxylic acids is 1. The zero-order valence-electron chi connectivity index (χ0n) is 16.6. The van der Waals surface area contributed by atoms with E-state index in [1.807, 2.05) is 24.4 Å². The van der Waals surface area contributed by atoms with Gasteiger partial charge in [0.25, 0.3) is 0 Å². The second kappa shape index (κ2) is 8.27. The van der Waals surface area contributed by atoms with Gasteiger partial charge in [-0.1, -0.05) is 30.3 Å². The number of aromatic nitrogens is 2. The first-order valence-corrected chi connectivity index (χ1v) is 10.2. The van der Waals surface area contributed by atoms with Crippen LogP contribution in [0.4, 0.5) is 10.6 Å². The van der Waals surface area contributed by atoms with Gasteiger partial charge in [-0.15, -0.1) is 0 Å². The highest BCUT2D eigenvalue weighted by Gasteiger charge is 2.35. The molecule has 2 aliphatic heterocycles. The van der Waals surface area contributed by atoms with Crippen molar-refractivity contribution in [3.63, 3.8) is 0 Å². The fourth-order valence-electron chi connectivity index (χ4n) is 4.16. The Kier molecular flexibility index (Phi) is 5.57. The van der Waals surface area contributed by atoms with Crippen molar-refractivity contribution < 1.29 is 9.53 Å². The third-order valence-electron chi connectivity index (χ3n) is 5.86. The summed E-state index contributed by atoms with van der Waals surface area (Å²) >= 11 is 0. The number of hydrogen-bond acceptors (Lipinski definition) is 5. The van der Waals surface area contributed by atoms with Gasteiger partial charge in [0.15, 0.2) is 5.82 Å². The average molecular weight is 380 g/mol. The van der Waals surface area contributed by atoms with E-state index in [0.29, 0.717) is 24.4 Å². The first-order valence-electron chi connectivity index (χ1n) is 10.2. The molecule has 6 nitrogen and oxygen atoms in total. The molecule has 2 aromatic rings. The van der Waals surface area contributed by atoms with E-state index in [9.17, 15) is 4.79 Å². The van der Waals surface area contributed by atoms with Crippen LogP contribution in [0.3, 0.4) is 0 Å². The molecular formula is C22H28N4O2. The molecule has 1 aromatic heterocycles. The van der Waals surface area contributed by atoms with Crippen LogP contribution in [0.25, 0.3) is 0 Å². The molecule has 28 heavy (non-hydrogen) atoms. The van der Waals surface area contributed by atoms with Gasteiger partial charge in [-0.2, -0.15) is 0 Å². The summed E-state index contributed by atoms with van der Waals surface area (Å²) in [6, 6.07) is 10.7. The molecule has 3 heterocycles. The number of rotatable bonds is 5. The lowest BCUT2D eigenvalue weighted by atomic mass is 9.93. The molecule has 0 bridgehead atoms. The minimum atomic E-state index is -0.340. The van der Waals surface area contributed by atoms with E-state index in [1.165, 1.54) is 5.56 Å². The minimum Gasteiger partial charge on any atom is -0.447 e. The highest BCUT2D eigenvalue weighted by atomic mass is 16.6. The maximum Gasteiger partial charge on any atom is 0.415 e. The van der Waals surface area contributed by atoms with Crippen molar-refractivity contribution in [1.29, 1.82) is 0 Å². The van der Waals surface area contributed by atoms with Gasteiger partial charge >= 0.3 is 6.09 Å². The Morgan fingerprint density at radius 3 is 2.50 bits per heavy atom. The molecule has 0 spiro atoms. The lowest BCUT2D eigenvalue weighted by molar-refractivity contribution is 0.170. The van der Waals surface area contributed by atoms with Gasteiger partial charge in [-0.3, -0.25) is 9.88 Å². The molecule has 0 saturated carbocycles. The molecule has 1 amide bonds. The molecule has 0 N–H and O–H groups in total. The van der Waals surface area contributed by atoms with E-state index >= 15 is 0 Å². The fraction of sp³-hybridized carbons (Fsp3) is 0.500. The molecule has 6 heteroatoms. The monoisotopic (exact) mass is 380 g/mol. The van der Waals surface area contributed by atoms with E-state index in [4.69, 9.17) is 4.74 Å². The largest absolute Gasteiger partial charge is 0.447 e. The highest BCUT2D eigenvalue weighted by molar-refractivity contribution is 5.88. The Labute approximate surface area is 166 Å². The summed E-state index contributed by atoms with van der Waals surface area (Å²) in [6.07, 6.45) is 6.19. The Bertz CT molecular complexity index is 786. The summed E-state index contributed by atoms with van der Waals surface area (Å²) < 4.78 is 5.30. The summed E-state index contributed by atoms with van der Waals surface area (Å²) in [5, 5.41) is 0. The van der Waals surface area contributed by atoms with E-state index in [0.717, 1.165) is 38.0 Å². The van der Waals surface area contributed by atoms with Gasteiger partial charge in [0, 0.05) is 12.0 Å². The molecule has 148 valence electrons. The van der Waals surface area contributed by atoms with Crippen LogP contribution < -0.4 is 4.90 Å². The number of piperidine rings is 1. The number of cyclic esters (lactones) is 1. The molecule has 2 fully saturated rings. The number of likely N-dealkylation sites (tertiary alicyclic amines) is 1. The van der Waals surface area contributed by atoms with Crippen LogP contribution in [-0.2, 0) is 11.2 Å². The summed E-state index contributed by atoms with van der Waals surface area (Å²) in [5.74, 6) is 1.02. The number of benzene rings is 1. The van der Waals surface area contributed by atoms with E-state index in [2.05, 4.69) is 40.8 Å². The van der Waals surface area contributed by atoms with E-state index < -0.39 is 0 Å². The maximum atomic E-state index is 12.3. The van der Waals surface area contributed by atoms with Gasteiger partial charge in [0.05, 0.1) is 24.1 Å². The molecule has 0 radical (unpaired) electrons. The third-order valence-corrected chi connectivity index (χ3v) is 5.86. The second-order valence-corrected chi connectivity index (χ2v) is 7.99. The van der Waals surface area contributed by atoms with Crippen molar-refractivity contribution in [3.8, 4) is 0 Å². The lowest BCUT2D eigenvalue weighted by Gasteiger charge is -2.34. The van der Waals surface area contributed by atoms with Crippen LogP contribution in [0.2, 0.25) is 0 Å². The van der Waals surface area contributed by atoms with Crippen LogP contribution in [0.15, 0.2) is 42.7 Å². The lowest BCUT2D eigenvalue weighted by Crippen LogP contribution is -2.38. The Balaban J connectivity index is 1.44. The molecule has 0 unspecified atom stereocenters. The molecule has 1 atom stereocenters. The van der Waals surface area contributed by atoms with Crippen LogP contribution in [-0.4, -0.2) is 52.7 Å². The average Bonchev–Trinajstić information content (AvgIpc) is 3.09. The Hall–Kier alpha value is -2.47. The van der Waals surface area contributed by atoms with Gasteiger partial charge < -0.3 is 9.64 Å². The minimum absolute atomic E-state index is 0.0515. The van der Waals surface area contributed by atoms with E-state index in [-0.39, 0.29) is 12.1 Å². The molecular weight excluding hydrogens is 352 g/mol. The summed E-state index contributed by atoms with van der Waals surface area (Å²) in [7, 11) is 0. The number of amides is 1. The van der Waals surface area contributed by atoms with Crippen molar-refractivity contribution in [2.24, 2.45) is 0 Å². The number of nitrogens with zero attached hydrogens (tertiary/aromatic N) is 4. The van der Waals surface area contributed by atoms with Gasteiger partial charge in [-0.25, -0.2) is 9.78 Å². The quantitative estimate of drug-likeness (QED) is 0.793. The molecule has 0 aliphatic carbocycles. The van der Waals surface area contributed by atoms with Gasteiger partial charge in [-0.05, 0) is 51.8 Å². The zero-order valence-corrected chi connectivity index (χ0v) is 16.6. The number of carbonyl (C=O) groups is 1. The normalized spacial score (nSPS) is 21.3. The molecule has 1 aromatic carbocycles. The summed E-state index contributed by atoms with van der Waals surface area (Å²) in [5.41, 5.74) is 2.21. The van der Waals surface area contributed by atoms with Crippen molar-refractivity contribution in [2.45, 2.75) is 51.1 Å². The van der Waals surface area contributed by atoms with Gasteiger partial charge in [0.2, 0.25) is 0 Å². The topological polar surface area (TPSA) is 58.6 Å². The molecule has 2 saturated heterocycles. The molecule has 4 rings (SSSR count). The predicted octanol–water partition coefficient (Wildman–Crippen LogP) is 3.63. The first kappa shape index (κ1) is 18.9. The van der Waals surface area contributed by atoms with Crippen molar-refractivity contribution in [1.82, 2.24) is 14.9 Å². The van der Waals surface area contributed by atoms with Crippen LogP contribution in [0.5, 0.6) is 0 Å². The molecule has 2 aliphatic rings. The Morgan fingerprint density at radius 2 is 1.86 bits per heavy atom. The highest BCUT2D eigenvalue weighted by Crippen LogP contribution is 2.29. The SMILES string of the molecule is CC(C)N1CCC(c2cnc(N3C(=O)OC[C@H]3Cc3ccccc3)cn2)CC1. The van der Waals surface area contributed by atoms with Crippen LogP contribution >= 0.6 is 0 Å². The van der Waals surface area contributed by atoms with Crippen molar-refractivity contribution in [2.75, 3.05) is 24.6 Å². The van der Waals surface area contributed by atoms with E-state index in [1.54, 1.807) is 11.1 Å². The van der Waals surface area contributed by atoms with Crippen LogP contribution in [0.1, 0.15) is 43.9 Å². The fourth-order valence-corrected chi connectivity index (χ4v) is 4.16. The summed E-state index contributed by atoms with van der Waals surface area (Å²) in [6.45, 7) is 7.07. The van der Waals surface area contributed by atoms with Crippen LogP contribution in [0, 0.1) is 0 Å². The number of anilines is 1. The summed E-state index contributed by atoms with van der Waals surface area (Å²) in [4.78, 5) is 25.7. The second-order valence-electron chi connectivity index (χ2n) is 7.99. The predicted molar refractivity (Wildman–Crippen MR) is 108 cm³/mol. The first-order chi connectivity index (χ1) is 13.6. The van der Waals surface area contributed by atoms with Crippen molar-refractivity contribution >= 4 is 11.9 Å². The maximum absolute atomic E-state index is 12.3. The zero-order chi connectivity index (χ0) is 19.5. The van der Waals surface area contributed by atoms with Crippen molar-refractivity contribution in [3.05, 3.63) is 54.0 Å². The standard InChI is InChI=1S/C22H28N4O2/c1-16(2)25-10-8-18(9-11-25)20-13-24-21(14-23-20)26-19(15-28-22(26)27)12-17-6-4-3-5-7-17/h3-7,13-14,16,18-19H,8-12,15H2,1-2H3/t19-/m1/s1. The third kappa shape index (κ3) is 4.02.